The highest BCUT2D eigenvalue weighted by atomic mass is 32.2. The van der Waals surface area contributed by atoms with E-state index < -0.39 is 10.8 Å². The Morgan fingerprint density at radius 1 is 0.958 bits per heavy atom. The molecule has 4 heteroatoms. The molecular formula is C20H19NO2S. The Kier molecular flexibility index (Phi) is 4.76. The molecule has 0 aliphatic carbocycles. The van der Waals surface area contributed by atoms with Crippen molar-refractivity contribution in [2.24, 2.45) is 0 Å². The number of hydrogen-bond donors (Lipinski definition) is 1. The van der Waals surface area contributed by atoms with Gasteiger partial charge in [-0.15, -0.1) is 0 Å². The van der Waals surface area contributed by atoms with Crippen LogP contribution in [0.1, 0.15) is 28.9 Å². The second-order valence-corrected chi connectivity index (χ2v) is 7.10. The fourth-order valence-corrected chi connectivity index (χ4v) is 3.48. The van der Waals surface area contributed by atoms with E-state index in [0.717, 1.165) is 10.9 Å². The van der Waals surface area contributed by atoms with Crippen molar-refractivity contribution in [3.8, 4) is 0 Å². The van der Waals surface area contributed by atoms with Gasteiger partial charge in [0.15, 0.2) is 0 Å². The molecule has 3 rings (SSSR count). The van der Waals surface area contributed by atoms with Crippen molar-refractivity contribution in [2.45, 2.75) is 17.9 Å². The summed E-state index contributed by atoms with van der Waals surface area (Å²) in [6, 6.07) is 21.2. The summed E-state index contributed by atoms with van der Waals surface area (Å²) in [5.41, 5.74) is 1.50. The summed E-state index contributed by atoms with van der Waals surface area (Å²) in [4.78, 5) is 13.1. The quantitative estimate of drug-likeness (QED) is 0.780. The zero-order valence-corrected chi connectivity index (χ0v) is 14.5. The normalized spacial score (nSPS) is 13.4. The number of benzene rings is 3. The summed E-state index contributed by atoms with van der Waals surface area (Å²) in [6.07, 6.45) is 1.58. The van der Waals surface area contributed by atoms with Crippen molar-refractivity contribution in [1.29, 1.82) is 0 Å². The third kappa shape index (κ3) is 3.39. The van der Waals surface area contributed by atoms with Gasteiger partial charge in [-0.05, 0) is 41.5 Å². The molecule has 0 saturated heterocycles. The first-order valence-corrected chi connectivity index (χ1v) is 9.34. The molecule has 0 fully saturated rings. The Morgan fingerprint density at radius 3 is 2.38 bits per heavy atom. The largest absolute Gasteiger partial charge is 0.345 e. The van der Waals surface area contributed by atoms with Gasteiger partial charge in [0.2, 0.25) is 0 Å². The molecule has 0 aliphatic heterocycles. The van der Waals surface area contributed by atoms with Gasteiger partial charge in [-0.3, -0.25) is 9.00 Å². The van der Waals surface area contributed by atoms with Crippen molar-refractivity contribution in [3.05, 3.63) is 77.9 Å². The van der Waals surface area contributed by atoms with Gasteiger partial charge in [0.05, 0.1) is 27.3 Å². The highest BCUT2D eigenvalue weighted by Gasteiger charge is 2.16. The molecule has 122 valence electrons. The molecule has 1 amide bonds. The van der Waals surface area contributed by atoms with Crippen LogP contribution in [-0.4, -0.2) is 16.4 Å². The minimum absolute atomic E-state index is 0.138. The highest BCUT2D eigenvalue weighted by Crippen LogP contribution is 2.21. The molecule has 0 aromatic heterocycles. The van der Waals surface area contributed by atoms with Crippen molar-refractivity contribution >= 4 is 27.5 Å². The standard InChI is InChI=1S/C20H19NO2S/c1-14(16-12-11-15-7-3-4-8-17(15)13-16)21-20(22)18-9-5-6-10-19(18)24(2)23/h3-14H,1-2H3,(H,21,22)/t14-,24-/m1/s1. The van der Waals surface area contributed by atoms with Crippen LogP contribution in [0.4, 0.5) is 0 Å². The average molecular weight is 337 g/mol. The van der Waals surface area contributed by atoms with Gasteiger partial charge in [-0.25, -0.2) is 0 Å². The second kappa shape index (κ2) is 6.97. The van der Waals surface area contributed by atoms with Gasteiger partial charge in [0.25, 0.3) is 5.91 Å². The van der Waals surface area contributed by atoms with Gasteiger partial charge in [-0.1, -0.05) is 48.5 Å². The molecular weight excluding hydrogens is 318 g/mol. The average Bonchev–Trinajstić information content (AvgIpc) is 2.61. The summed E-state index contributed by atoms with van der Waals surface area (Å²) in [6.45, 7) is 1.95. The molecule has 0 radical (unpaired) electrons. The lowest BCUT2D eigenvalue weighted by molar-refractivity contribution is 0.0937. The smallest absolute Gasteiger partial charge is 0.252 e. The van der Waals surface area contributed by atoms with Crippen LogP contribution in [0.25, 0.3) is 10.8 Å². The number of hydrogen-bond acceptors (Lipinski definition) is 2. The van der Waals surface area contributed by atoms with E-state index in [1.165, 1.54) is 5.39 Å². The number of fused-ring (bicyclic) bond motifs is 1. The van der Waals surface area contributed by atoms with Crippen LogP contribution in [0, 0.1) is 0 Å². The number of carbonyl (C=O) groups excluding carboxylic acids is 1. The third-order valence-corrected chi connectivity index (χ3v) is 5.04. The predicted octanol–water partition coefficient (Wildman–Crippen LogP) is 4.07. The van der Waals surface area contributed by atoms with Crippen LogP contribution in [-0.2, 0) is 10.8 Å². The van der Waals surface area contributed by atoms with Crippen LogP contribution < -0.4 is 5.32 Å². The molecule has 1 N–H and O–H groups in total. The first-order valence-electron chi connectivity index (χ1n) is 7.78. The Labute approximate surface area is 144 Å². The maximum absolute atomic E-state index is 12.6. The van der Waals surface area contributed by atoms with E-state index in [2.05, 4.69) is 29.6 Å². The topological polar surface area (TPSA) is 46.2 Å². The molecule has 0 saturated carbocycles. The fourth-order valence-electron chi connectivity index (χ4n) is 2.74. The summed E-state index contributed by atoms with van der Waals surface area (Å²) in [5.74, 6) is -0.207. The maximum Gasteiger partial charge on any atom is 0.252 e. The summed E-state index contributed by atoms with van der Waals surface area (Å²) in [5, 5.41) is 5.32. The van der Waals surface area contributed by atoms with E-state index in [1.807, 2.05) is 25.1 Å². The summed E-state index contributed by atoms with van der Waals surface area (Å²) < 4.78 is 11.8. The Hall–Kier alpha value is -2.46. The van der Waals surface area contributed by atoms with Gasteiger partial charge < -0.3 is 5.32 Å². The molecule has 0 spiro atoms. The number of rotatable bonds is 4. The fraction of sp³-hybridized carbons (Fsp3) is 0.150. The Bertz CT molecular complexity index is 920. The molecule has 0 unspecified atom stereocenters. The van der Waals surface area contributed by atoms with Crippen molar-refractivity contribution in [2.75, 3.05) is 6.26 Å². The minimum Gasteiger partial charge on any atom is -0.345 e. The van der Waals surface area contributed by atoms with Crippen molar-refractivity contribution < 1.29 is 9.00 Å². The molecule has 0 aliphatic rings. The van der Waals surface area contributed by atoms with Crippen molar-refractivity contribution in [3.63, 3.8) is 0 Å². The lowest BCUT2D eigenvalue weighted by Crippen LogP contribution is -2.27. The molecule has 3 nitrogen and oxygen atoms in total. The van der Waals surface area contributed by atoms with E-state index in [4.69, 9.17) is 0 Å². The molecule has 3 aromatic carbocycles. The van der Waals surface area contributed by atoms with Crippen LogP contribution >= 0.6 is 0 Å². The molecule has 2 atom stereocenters. The monoisotopic (exact) mass is 337 g/mol. The van der Waals surface area contributed by atoms with Gasteiger partial charge in [-0.2, -0.15) is 0 Å². The van der Waals surface area contributed by atoms with E-state index in [-0.39, 0.29) is 11.9 Å². The van der Waals surface area contributed by atoms with E-state index >= 15 is 0 Å². The van der Waals surface area contributed by atoms with Crippen LogP contribution in [0.3, 0.4) is 0 Å². The van der Waals surface area contributed by atoms with Crippen LogP contribution in [0.15, 0.2) is 71.6 Å². The summed E-state index contributed by atoms with van der Waals surface area (Å²) >= 11 is 0. The van der Waals surface area contributed by atoms with E-state index in [1.54, 1.807) is 30.5 Å². The lowest BCUT2D eigenvalue weighted by Gasteiger charge is -2.16. The van der Waals surface area contributed by atoms with Gasteiger partial charge in [0.1, 0.15) is 0 Å². The third-order valence-electron chi connectivity index (χ3n) is 4.06. The molecule has 24 heavy (non-hydrogen) atoms. The second-order valence-electron chi connectivity index (χ2n) is 5.75. The predicted molar refractivity (Wildman–Crippen MR) is 98.6 cm³/mol. The van der Waals surface area contributed by atoms with Crippen LogP contribution in [0.5, 0.6) is 0 Å². The number of amides is 1. The van der Waals surface area contributed by atoms with E-state index in [0.29, 0.717) is 10.5 Å². The maximum atomic E-state index is 12.6. The zero-order chi connectivity index (χ0) is 17.1. The number of nitrogens with one attached hydrogen (secondary N) is 1. The van der Waals surface area contributed by atoms with Gasteiger partial charge in [0, 0.05) is 6.26 Å². The van der Waals surface area contributed by atoms with Crippen LogP contribution in [0.2, 0.25) is 0 Å². The van der Waals surface area contributed by atoms with Crippen molar-refractivity contribution in [1.82, 2.24) is 5.32 Å². The van der Waals surface area contributed by atoms with E-state index in [9.17, 15) is 9.00 Å². The SMILES string of the molecule is C[C@@H](NC(=O)c1ccccc1[S@@](C)=O)c1ccc2ccccc2c1. The highest BCUT2D eigenvalue weighted by molar-refractivity contribution is 7.84. The minimum atomic E-state index is -1.20. The zero-order valence-electron chi connectivity index (χ0n) is 13.7. The molecule has 0 heterocycles. The molecule has 3 aromatic rings. The first-order chi connectivity index (χ1) is 11.6. The summed E-state index contributed by atoms with van der Waals surface area (Å²) in [7, 11) is -1.20. The van der Waals surface area contributed by atoms with Gasteiger partial charge >= 0.3 is 0 Å². The first kappa shape index (κ1) is 16.4. The Balaban J connectivity index is 1.84. The number of carbonyl (C=O) groups is 1. The lowest BCUT2D eigenvalue weighted by atomic mass is 10.0. The Morgan fingerprint density at radius 2 is 1.62 bits per heavy atom. The molecule has 0 bridgehead atoms.